The van der Waals surface area contributed by atoms with Gasteiger partial charge in [-0.3, -0.25) is 4.79 Å². The van der Waals surface area contributed by atoms with Gasteiger partial charge in [0.25, 0.3) is 0 Å². The molecule has 0 fully saturated rings. The molecule has 0 aliphatic rings. The predicted molar refractivity (Wildman–Crippen MR) is 60.3 cm³/mol. The Balaban J connectivity index is 3.30. The van der Waals surface area contributed by atoms with E-state index in [2.05, 4.69) is 15.9 Å². The molecule has 4 heteroatoms. The van der Waals surface area contributed by atoms with E-state index in [1.165, 1.54) is 6.92 Å². The largest absolute Gasteiger partial charge is 0.493 e. The molecule has 0 aliphatic heterocycles. The van der Waals surface area contributed by atoms with Crippen molar-refractivity contribution in [3.05, 3.63) is 27.2 Å². The summed E-state index contributed by atoms with van der Waals surface area (Å²) >= 11 is 9.14. The van der Waals surface area contributed by atoms with Crippen molar-refractivity contribution in [2.75, 3.05) is 6.61 Å². The summed E-state index contributed by atoms with van der Waals surface area (Å²) in [4.78, 5) is 11.3. The van der Waals surface area contributed by atoms with Crippen LogP contribution in [0.15, 0.2) is 16.6 Å². The van der Waals surface area contributed by atoms with Crippen LogP contribution in [-0.2, 0) is 0 Å². The van der Waals surface area contributed by atoms with Gasteiger partial charge in [0.15, 0.2) is 5.78 Å². The highest BCUT2D eigenvalue weighted by Gasteiger charge is 2.14. The van der Waals surface area contributed by atoms with E-state index in [9.17, 15) is 4.79 Å². The number of ether oxygens (including phenoxy) is 1. The molecule has 0 amide bonds. The summed E-state index contributed by atoms with van der Waals surface area (Å²) in [6.45, 7) is 3.87. The lowest BCUT2D eigenvalue weighted by Crippen LogP contribution is -2.01. The molecule has 0 unspecified atom stereocenters. The maximum atomic E-state index is 11.3. The standard InChI is InChI=1S/C10H10BrClO2/c1-3-14-8-5-4-7(12)10(11)9(8)6(2)13/h4-5H,3H2,1-2H3. The molecule has 2 nitrogen and oxygen atoms in total. The first-order valence-corrected chi connectivity index (χ1v) is 5.36. The number of hydrogen-bond acceptors (Lipinski definition) is 2. The second-order valence-electron chi connectivity index (χ2n) is 2.72. The summed E-state index contributed by atoms with van der Waals surface area (Å²) in [5.41, 5.74) is 0.499. The lowest BCUT2D eigenvalue weighted by molar-refractivity contribution is 0.101. The quantitative estimate of drug-likeness (QED) is 0.787. The van der Waals surface area contributed by atoms with E-state index >= 15 is 0 Å². The van der Waals surface area contributed by atoms with Crippen molar-refractivity contribution in [3.63, 3.8) is 0 Å². The lowest BCUT2D eigenvalue weighted by atomic mass is 10.1. The van der Waals surface area contributed by atoms with Crippen LogP contribution in [0.5, 0.6) is 5.75 Å². The normalized spacial score (nSPS) is 10.0. The predicted octanol–water partition coefficient (Wildman–Crippen LogP) is 3.70. The molecule has 76 valence electrons. The van der Waals surface area contributed by atoms with Gasteiger partial charge >= 0.3 is 0 Å². The summed E-state index contributed by atoms with van der Waals surface area (Å²) in [5.74, 6) is 0.499. The zero-order chi connectivity index (χ0) is 10.7. The molecule has 1 rings (SSSR count). The van der Waals surface area contributed by atoms with Crippen LogP contribution in [0, 0.1) is 0 Å². The second-order valence-corrected chi connectivity index (χ2v) is 3.92. The molecule has 1 aromatic carbocycles. The number of carbonyl (C=O) groups excluding carboxylic acids is 1. The van der Waals surface area contributed by atoms with Crippen LogP contribution in [0.25, 0.3) is 0 Å². The van der Waals surface area contributed by atoms with Gasteiger partial charge in [-0.05, 0) is 41.9 Å². The highest BCUT2D eigenvalue weighted by atomic mass is 79.9. The average Bonchev–Trinajstić information content (AvgIpc) is 2.11. The van der Waals surface area contributed by atoms with E-state index in [1.54, 1.807) is 12.1 Å². The van der Waals surface area contributed by atoms with Gasteiger partial charge in [-0.1, -0.05) is 11.6 Å². The zero-order valence-electron chi connectivity index (χ0n) is 7.93. The molecule has 0 N–H and O–H groups in total. The molecule has 0 atom stereocenters. The fourth-order valence-electron chi connectivity index (χ4n) is 1.14. The third kappa shape index (κ3) is 2.28. The minimum atomic E-state index is -0.0668. The number of rotatable bonds is 3. The van der Waals surface area contributed by atoms with E-state index in [-0.39, 0.29) is 5.78 Å². The van der Waals surface area contributed by atoms with Crippen molar-refractivity contribution in [1.82, 2.24) is 0 Å². The van der Waals surface area contributed by atoms with Crippen LogP contribution < -0.4 is 4.74 Å². The average molecular weight is 278 g/mol. The third-order valence-electron chi connectivity index (χ3n) is 1.71. The SMILES string of the molecule is CCOc1ccc(Cl)c(Br)c1C(C)=O. The highest BCUT2D eigenvalue weighted by molar-refractivity contribution is 9.10. The van der Waals surface area contributed by atoms with E-state index in [4.69, 9.17) is 16.3 Å². The fraction of sp³-hybridized carbons (Fsp3) is 0.300. The van der Waals surface area contributed by atoms with Crippen LogP contribution in [0.4, 0.5) is 0 Å². The molecular weight excluding hydrogens is 267 g/mol. The fourth-order valence-corrected chi connectivity index (χ4v) is 1.90. The first-order chi connectivity index (χ1) is 6.57. The summed E-state index contributed by atoms with van der Waals surface area (Å²) < 4.78 is 5.92. The maximum Gasteiger partial charge on any atom is 0.164 e. The van der Waals surface area contributed by atoms with E-state index in [0.29, 0.717) is 27.4 Å². The first kappa shape index (κ1) is 11.5. The molecule has 0 bridgehead atoms. The molecule has 14 heavy (non-hydrogen) atoms. The number of carbonyl (C=O) groups is 1. The molecule has 0 heterocycles. The van der Waals surface area contributed by atoms with Crippen LogP contribution in [0.3, 0.4) is 0 Å². The molecule has 0 saturated carbocycles. The number of Topliss-reactive ketones (excluding diaryl/α,β-unsaturated/α-hetero) is 1. The smallest absolute Gasteiger partial charge is 0.164 e. The molecular formula is C10H10BrClO2. The van der Waals surface area contributed by atoms with E-state index < -0.39 is 0 Å². The van der Waals surface area contributed by atoms with Crippen LogP contribution in [-0.4, -0.2) is 12.4 Å². The minimum absolute atomic E-state index is 0.0668. The van der Waals surface area contributed by atoms with Crippen molar-refractivity contribution in [2.24, 2.45) is 0 Å². The van der Waals surface area contributed by atoms with Gasteiger partial charge in [0, 0.05) is 0 Å². The van der Waals surface area contributed by atoms with Crippen LogP contribution in [0.1, 0.15) is 24.2 Å². The van der Waals surface area contributed by atoms with Gasteiger partial charge in [-0.25, -0.2) is 0 Å². The Bertz CT molecular complexity index is 363. The van der Waals surface area contributed by atoms with Crippen LogP contribution >= 0.6 is 27.5 Å². The summed E-state index contributed by atoms with van der Waals surface area (Å²) in [6.07, 6.45) is 0. The maximum absolute atomic E-state index is 11.3. The van der Waals surface area contributed by atoms with Crippen molar-refractivity contribution < 1.29 is 9.53 Å². The second kappa shape index (κ2) is 4.80. The van der Waals surface area contributed by atoms with Gasteiger partial charge in [-0.15, -0.1) is 0 Å². The van der Waals surface area contributed by atoms with Gasteiger partial charge in [0.2, 0.25) is 0 Å². The Morgan fingerprint density at radius 3 is 2.71 bits per heavy atom. The Morgan fingerprint density at radius 2 is 2.21 bits per heavy atom. The van der Waals surface area contributed by atoms with Crippen molar-refractivity contribution in [3.8, 4) is 5.75 Å². The number of hydrogen-bond donors (Lipinski definition) is 0. The van der Waals surface area contributed by atoms with E-state index in [0.717, 1.165) is 0 Å². The Hall–Kier alpha value is -0.540. The number of benzene rings is 1. The van der Waals surface area contributed by atoms with Crippen molar-refractivity contribution in [1.29, 1.82) is 0 Å². The van der Waals surface area contributed by atoms with Crippen LogP contribution in [0.2, 0.25) is 5.02 Å². The summed E-state index contributed by atoms with van der Waals surface area (Å²) in [5, 5.41) is 0.513. The third-order valence-corrected chi connectivity index (χ3v) is 3.08. The van der Waals surface area contributed by atoms with Gasteiger partial charge in [0.1, 0.15) is 5.75 Å². The van der Waals surface area contributed by atoms with Gasteiger partial charge in [0.05, 0.1) is 21.7 Å². The monoisotopic (exact) mass is 276 g/mol. The van der Waals surface area contributed by atoms with Crippen molar-refractivity contribution in [2.45, 2.75) is 13.8 Å². The van der Waals surface area contributed by atoms with Gasteiger partial charge in [-0.2, -0.15) is 0 Å². The Labute approximate surface area is 96.3 Å². The zero-order valence-corrected chi connectivity index (χ0v) is 10.3. The number of ketones is 1. The summed E-state index contributed by atoms with van der Waals surface area (Å²) in [6, 6.07) is 3.40. The Morgan fingerprint density at radius 1 is 1.57 bits per heavy atom. The van der Waals surface area contributed by atoms with E-state index in [1.807, 2.05) is 6.92 Å². The minimum Gasteiger partial charge on any atom is -0.493 e. The molecule has 0 saturated heterocycles. The molecule has 0 radical (unpaired) electrons. The summed E-state index contributed by atoms with van der Waals surface area (Å²) in [7, 11) is 0. The molecule has 0 aromatic heterocycles. The molecule has 0 aliphatic carbocycles. The number of halogens is 2. The molecule has 1 aromatic rings. The molecule has 0 spiro atoms. The Kier molecular flexibility index (Phi) is 3.96. The topological polar surface area (TPSA) is 26.3 Å². The first-order valence-electron chi connectivity index (χ1n) is 4.19. The highest BCUT2D eigenvalue weighted by Crippen LogP contribution is 2.33. The van der Waals surface area contributed by atoms with Crippen molar-refractivity contribution >= 4 is 33.3 Å². The van der Waals surface area contributed by atoms with Gasteiger partial charge < -0.3 is 4.74 Å². The lowest BCUT2D eigenvalue weighted by Gasteiger charge is -2.10.